The second-order valence-corrected chi connectivity index (χ2v) is 6.13. The molecule has 2 heteroatoms. The number of hydrogen-bond donors (Lipinski definition) is 1. The first-order chi connectivity index (χ1) is 10.1. The van der Waals surface area contributed by atoms with Crippen LogP contribution >= 0.6 is 0 Å². The van der Waals surface area contributed by atoms with Gasteiger partial charge in [0.15, 0.2) is 0 Å². The Labute approximate surface area is 126 Å². The average Bonchev–Trinajstić information content (AvgIpc) is 2.44. The molecule has 0 amide bonds. The summed E-state index contributed by atoms with van der Waals surface area (Å²) in [6.07, 6.45) is 2.05. The number of benzene rings is 2. The summed E-state index contributed by atoms with van der Waals surface area (Å²) in [5.41, 5.74) is 3.55. The Morgan fingerprint density at radius 1 is 1.05 bits per heavy atom. The molecular weight excluding hydrogens is 261 g/mol. The van der Waals surface area contributed by atoms with E-state index in [4.69, 9.17) is 0 Å². The zero-order valence-corrected chi connectivity index (χ0v) is 12.6. The van der Waals surface area contributed by atoms with Crippen LogP contribution < -0.4 is 5.32 Å². The number of rotatable bonds is 4. The van der Waals surface area contributed by atoms with Crippen LogP contribution in [-0.4, -0.2) is 6.04 Å². The molecule has 0 radical (unpaired) electrons. The molecule has 1 aliphatic rings. The molecule has 0 saturated heterocycles. The fourth-order valence-electron chi connectivity index (χ4n) is 3.33. The molecule has 0 aliphatic heterocycles. The van der Waals surface area contributed by atoms with E-state index in [2.05, 4.69) is 43.4 Å². The van der Waals surface area contributed by atoms with Gasteiger partial charge in [0, 0.05) is 12.1 Å². The molecule has 21 heavy (non-hydrogen) atoms. The van der Waals surface area contributed by atoms with Crippen molar-refractivity contribution in [3.8, 4) is 0 Å². The van der Waals surface area contributed by atoms with Gasteiger partial charge >= 0.3 is 0 Å². The predicted octanol–water partition coefficient (Wildman–Crippen LogP) is 4.73. The zero-order valence-electron chi connectivity index (χ0n) is 12.6. The van der Waals surface area contributed by atoms with Crippen molar-refractivity contribution in [3.05, 3.63) is 71.0 Å². The Morgan fingerprint density at radius 3 is 2.43 bits per heavy atom. The molecule has 1 N–H and O–H groups in total. The molecule has 1 nitrogen and oxygen atoms in total. The SMILES string of the molecule is Cc1ccccc1[C@@H](C)NC1CC(c2ccccc2F)C1. The van der Waals surface area contributed by atoms with Crippen LogP contribution in [0.1, 0.15) is 48.4 Å². The maximum atomic E-state index is 13.7. The monoisotopic (exact) mass is 283 g/mol. The van der Waals surface area contributed by atoms with E-state index in [0.717, 1.165) is 18.4 Å². The van der Waals surface area contributed by atoms with Crippen LogP contribution in [0.5, 0.6) is 0 Å². The van der Waals surface area contributed by atoms with Crippen LogP contribution in [0.25, 0.3) is 0 Å². The lowest BCUT2D eigenvalue weighted by atomic mass is 9.75. The summed E-state index contributed by atoms with van der Waals surface area (Å²) in [7, 11) is 0. The van der Waals surface area contributed by atoms with E-state index >= 15 is 0 Å². The third kappa shape index (κ3) is 3.01. The number of aryl methyl sites for hydroxylation is 1. The summed E-state index contributed by atoms with van der Waals surface area (Å²) >= 11 is 0. The molecule has 2 aromatic rings. The van der Waals surface area contributed by atoms with E-state index in [-0.39, 0.29) is 5.82 Å². The van der Waals surface area contributed by atoms with Crippen molar-refractivity contribution in [1.82, 2.24) is 5.32 Å². The second kappa shape index (κ2) is 5.98. The smallest absolute Gasteiger partial charge is 0.126 e. The zero-order chi connectivity index (χ0) is 14.8. The van der Waals surface area contributed by atoms with Gasteiger partial charge in [-0.2, -0.15) is 0 Å². The number of hydrogen-bond acceptors (Lipinski definition) is 1. The molecule has 2 aromatic carbocycles. The van der Waals surface area contributed by atoms with Crippen LogP contribution in [0.3, 0.4) is 0 Å². The fraction of sp³-hybridized carbons (Fsp3) is 0.368. The minimum Gasteiger partial charge on any atom is -0.307 e. The Kier molecular flexibility index (Phi) is 4.07. The molecule has 1 fully saturated rings. The first-order valence-corrected chi connectivity index (χ1v) is 7.71. The molecule has 0 bridgehead atoms. The van der Waals surface area contributed by atoms with E-state index < -0.39 is 0 Å². The van der Waals surface area contributed by atoms with Gasteiger partial charge in [-0.3, -0.25) is 0 Å². The molecular formula is C19H22FN. The van der Waals surface area contributed by atoms with Crippen LogP contribution in [0.15, 0.2) is 48.5 Å². The summed E-state index contributed by atoms with van der Waals surface area (Å²) in [5, 5.41) is 3.67. The summed E-state index contributed by atoms with van der Waals surface area (Å²) in [6, 6.07) is 16.5. The molecule has 1 saturated carbocycles. The van der Waals surface area contributed by atoms with E-state index in [1.807, 2.05) is 12.1 Å². The summed E-state index contributed by atoms with van der Waals surface area (Å²) in [5.74, 6) is 0.306. The first kappa shape index (κ1) is 14.3. The lowest BCUT2D eigenvalue weighted by molar-refractivity contribution is 0.266. The van der Waals surface area contributed by atoms with E-state index in [1.54, 1.807) is 12.1 Å². The molecule has 0 spiro atoms. The average molecular weight is 283 g/mol. The van der Waals surface area contributed by atoms with E-state index in [1.165, 1.54) is 11.1 Å². The number of halogens is 1. The summed E-state index contributed by atoms with van der Waals surface area (Å²) in [6.45, 7) is 4.36. The van der Waals surface area contributed by atoms with Gasteiger partial charge in [-0.1, -0.05) is 42.5 Å². The summed E-state index contributed by atoms with van der Waals surface area (Å²) < 4.78 is 13.7. The van der Waals surface area contributed by atoms with Crippen molar-refractivity contribution < 1.29 is 4.39 Å². The minimum atomic E-state index is -0.0621. The predicted molar refractivity (Wildman–Crippen MR) is 84.9 cm³/mol. The van der Waals surface area contributed by atoms with Crippen LogP contribution in [0.2, 0.25) is 0 Å². The van der Waals surface area contributed by atoms with Gasteiger partial charge in [0.2, 0.25) is 0 Å². The highest BCUT2D eigenvalue weighted by molar-refractivity contribution is 5.29. The van der Waals surface area contributed by atoms with Crippen LogP contribution in [-0.2, 0) is 0 Å². The van der Waals surface area contributed by atoms with Crippen molar-refractivity contribution in [3.63, 3.8) is 0 Å². The van der Waals surface area contributed by atoms with Gasteiger partial charge in [-0.25, -0.2) is 4.39 Å². The van der Waals surface area contributed by atoms with Gasteiger partial charge in [0.05, 0.1) is 0 Å². The van der Waals surface area contributed by atoms with Crippen molar-refractivity contribution in [2.24, 2.45) is 0 Å². The Bertz CT molecular complexity index is 616. The second-order valence-electron chi connectivity index (χ2n) is 6.13. The van der Waals surface area contributed by atoms with Gasteiger partial charge in [-0.05, 0) is 55.4 Å². The minimum absolute atomic E-state index is 0.0621. The molecule has 1 atom stereocenters. The standard InChI is InChI=1S/C19H22FN/c1-13-7-3-4-8-17(13)14(2)21-16-11-15(12-16)18-9-5-6-10-19(18)20/h3-10,14-16,21H,11-12H2,1-2H3/t14-,15?,16?/m1/s1. The van der Waals surface area contributed by atoms with Crippen molar-refractivity contribution in [2.75, 3.05) is 0 Å². The quantitative estimate of drug-likeness (QED) is 0.855. The highest BCUT2D eigenvalue weighted by atomic mass is 19.1. The van der Waals surface area contributed by atoms with Gasteiger partial charge in [0.1, 0.15) is 5.82 Å². The lowest BCUT2D eigenvalue weighted by Crippen LogP contribution is -2.41. The fourth-order valence-corrected chi connectivity index (χ4v) is 3.33. The van der Waals surface area contributed by atoms with Crippen molar-refractivity contribution in [1.29, 1.82) is 0 Å². The Hall–Kier alpha value is -1.67. The normalized spacial score (nSPS) is 22.6. The lowest BCUT2D eigenvalue weighted by Gasteiger charge is -2.38. The van der Waals surface area contributed by atoms with E-state index in [9.17, 15) is 4.39 Å². The van der Waals surface area contributed by atoms with E-state index in [0.29, 0.717) is 18.0 Å². The molecule has 0 heterocycles. The Balaban J connectivity index is 1.58. The van der Waals surface area contributed by atoms with Crippen molar-refractivity contribution in [2.45, 2.75) is 44.7 Å². The molecule has 0 unspecified atom stereocenters. The number of nitrogens with one attached hydrogen (secondary N) is 1. The largest absolute Gasteiger partial charge is 0.307 e. The Morgan fingerprint density at radius 2 is 1.71 bits per heavy atom. The third-order valence-electron chi connectivity index (χ3n) is 4.62. The molecule has 0 aromatic heterocycles. The first-order valence-electron chi connectivity index (χ1n) is 7.71. The molecule has 3 rings (SSSR count). The van der Waals surface area contributed by atoms with Gasteiger partial charge in [-0.15, -0.1) is 0 Å². The van der Waals surface area contributed by atoms with Gasteiger partial charge in [0.25, 0.3) is 0 Å². The van der Waals surface area contributed by atoms with Crippen LogP contribution in [0.4, 0.5) is 4.39 Å². The highest BCUT2D eigenvalue weighted by Crippen LogP contribution is 2.39. The van der Waals surface area contributed by atoms with Crippen LogP contribution in [0, 0.1) is 12.7 Å². The molecule has 110 valence electrons. The topological polar surface area (TPSA) is 12.0 Å². The maximum Gasteiger partial charge on any atom is 0.126 e. The molecule has 1 aliphatic carbocycles. The highest BCUT2D eigenvalue weighted by Gasteiger charge is 2.32. The maximum absolute atomic E-state index is 13.7. The van der Waals surface area contributed by atoms with Crippen molar-refractivity contribution >= 4 is 0 Å². The summed E-state index contributed by atoms with van der Waals surface area (Å²) in [4.78, 5) is 0. The third-order valence-corrected chi connectivity index (χ3v) is 4.62. The van der Waals surface area contributed by atoms with Gasteiger partial charge < -0.3 is 5.32 Å².